The Morgan fingerprint density at radius 3 is 1.83 bits per heavy atom. The highest BCUT2D eigenvalue weighted by atomic mass is 16.7. The summed E-state index contributed by atoms with van der Waals surface area (Å²) in [7, 11) is 0. The third-order valence-electron chi connectivity index (χ3n) is 9.69. The number of hydrogen-bond acceptors (Lipinski definition) is 20. The van der Waals surface area contributed by atoms with Crippen LogP contribution in [0.15, 0.2) is 77.2 Å². The first-order valence-electron chi connectivity index (χ1n) is 19.3. The number of phenols is 3. The number of esters is 3. The third kappa shape index (κ3) is 11.9. The van der Waals surface area contributed by atoms with Crippen molar-refractivity contribution in [3.05, 3.63) is 78.4 Å². The van der Waals surface area contributed by atoms with Crippen LogP contribution in [-0.2, 0) is 47.7 Å². The van der Waals surface area contributed by atoms with Crippen LogP contribution < -0.4 is 9.47 Å². The molecular weight excluding hydrogens is 872 g/mol. The standard InChI is InChI=1S/C42H40O23/c43-20-6-1-18(2-7-20)3-10-31(50)58-16-27-34(53)35(54)37(56)41(63-27)62-26-13-23-24(60-39(26)19-4-8-21(44)9-5-19)11-22(45)12-25(23)61-42-38(57)36(55)40(65-33(52)15-30(48)49)28(64-42)17-59-32(51)14-29(46)47/h1-13,27-28,34-38,40-42,53-57H,14-17H2,(H4-,43,44,45,46,47,48,49,50)/p+1. The summed E-state index contributed by atoms with van der Waals surface area (Å²) in [5.41, 5.74) is 0.605. The number of rotatable bonds is 16. The molecule has 2 aliphatic rings. The van der Waals surface area contributed by atoms with Crippen LogP contribution in [0.2, 0.25) is 0 Å². The van der Waals surface area contributed by atoms with Crippen molar-refractivity contribution in [3.63, 3.8) is 0 Å². The molecule has 23 heteroatoms. The summed E-state index contributed by atoms with van der Waals surface area (Å²) in [6, 6.07) is 14.6. The second-order valence-corrected chi connectivity index (χ2v) is 14.5. The minimum absolute atomic E-state index is 0.00749. The first-order chi connectivity index (χ1) is 30.9. The van der Waals surface area contributed by atoms with Gasteiger partial charge in [-0.05, 0) is 48.0 Å². The molecular formula is C42H41O23+. The molecule has 0 aliphatic carbocycles. The van der Waals surface area contributed by atoms with Crippen molar-refractivity contribution in [2.75, 3.05) is 13.2 Å². The molecule has 3 heterocycles. The van der Waals surface area contributed by atoms with E-state index in [0.717, 1.165) is 18.2 Å². The van der Waals surface area contributed by atoms with E-state index in [9.17, 15) is 64.8 Å². The molecule has 3 aromatic carbocycles. The van der Waals surface area contributed by atoms with E-state index >= 15 is 0 Å². The Morgan fingerprint density at radius 1 is 0.615 bits per heavy atom. The van der Waals surface area contributed by atoms with Crippen molar-refractivity contribution in [2.24, 2.45) is 0 Å². The molecule has 23 nitrogen and oxygen atoms in total. The number of phenolic OH excluding ortho intramolecular Hbond substituents is 3. The highest BCUT2D eigenvalue weighted by Crippen LogP contribution is 2.42. The summed E-state index contributed by atoms with van der Waals surface area (Å²) < 4.78 is 44.8. The number of aliphatic hydroxyl groups is 5. The van der Waals surface area contributed by atoms with E-state index in [1.807, 2.05) is 0 Å². The predicted molar refractivity (Wildman–Crippen MR) is 211 cm³/mol. The molecule has 0 bridgehead atoms. The van der Waals surface area contributed by atoms with Crippen LogP contribution in [0.5, 0.6) is 28.7 Å². The molecule has 0 radical (unpaired) electrons. The number of fused-ring (bicyclic) bond motifs is 1. The minimum atomic E-state index is -2.13. The van der Waals surface area contributed by atoms with Crippen LogP contribution in [-0.4, -0.2) is 156 Å². The van der Waals surface area contributed by atoms with Gasteiger partial charge >= 0.3 is 41.2 Å². The molecule has 10 N–H and O–H groups in total. The van der Waals surface area contributed by atoms with Crippen LogP contribution in [0, 0.1) is 0 Å². The second-order valence-electron chi connectivity index (χ2n) is 14.5. The van der Waals surface area contributed by atoms with Gasteiger partial charge in [0.1, 0.15) is 97.2 Å². The lowest BCUT2D eigenvalue weighted by Crippen LogP contribution is -2.61. The van der Waals surface area contributed by atoms with Crippen LogP contribution in [0.1, 0.15) is 18.4 Å². The monoisotopic (exact) mass is 913 g/mol. The maximum Gasteiger partial charge on any atom is 0.402 e. The lowest BCUT2D eigenvalue weighted by molar-refractivity contribution is -0.282. The number of carbonyl (C=O) groups excluding carboxylic acids is 3. The Balaban J connectivity index is 1.30. The number of hydrogen-bond donors (Lipinski definition) is 10. The molecule has 6 rings (SSSR count). The van der Waals surface area contributed by atoms with Crippen molar-refractivity contribution < 1.29 is 113 Å². The predicted octanol–water partition coefficient (Wildman–Crippen LogP) is 0.171. The number of benzene rings is 3. The molecule has 10 atom stereocenters. The first-order valence-corrected chi connectivity index (χ1v) is 19.3. The van der Waals surface area contributed by atoms with E-state index in [0.29, 0.717) is 5.56 Å². The Hall–Kier alpha value is -7.12. The molecule has 0 spiro atoms. The summed E-state index contributed by atoms with van der Waals surface area (Å²) in [4.78, 5) is 59.0. The van der Waals surface area contributed by atoms with E-state index in [1.54, 1.807) is 0 Å². The van der Waals surface area contributed by atoms with Gasteiger partial charge < -0.3 is 84.2 Å². The summed E-state index contributed by atoms with van der Waals surface area (Å²) in [6.07, 6.45) is -18.7. The van der Waals surface area contributed by atoms with E-state index in [1.165, 1.54) is 60.7 Å². The van der Waals surface area contributed by atoms with Gasteiger partial charge in [-0.25, -0.2) is 9.21 Å². The number of aliphatic carboxylic acids is 2. The van der Waals surface area contributed by atoms with Crippen LogP contribution in [0.25, 0.3) is 28.4 Å². The zero-order valence-electron chi connectivity index (χ0n) is 33.4. The number of carbonyl (C=O) groups is 5. The molecule has 0 saturated carbocycles. The van der Waals surface area contributed by atoms with Crippen molar-refractivity contribution >= 4 is 46.9 Å². The van der Waals surface area contributed by atoms with Gasteiger partial charge in [0.25, 0.3) is 0 Å². The Labute approximate surface area is 365 Å². The number of carboxylic acid groups (broad SMARTS) is 2. The lowest BCUT2D eigenvalue weighted by atomic mass is 9.98. The lowest BCUT2D eigenvalue weighted by Gasteiger charge is -2.41. The van der Waals surface area contributed by atoms with Crippen LogP contribution in [0.4, 0.5) is 0 Å². The fourth-order valence-electron chi connectivity index (χ4n) is 6.48. The Morgan fingerprint density at radius 2 is 1.18 bits per heavy atom. The summed E-state index contributed by atoms with van der Waals surface area (Å²) in [6.45, 7) is -1.56. The quantitative estimate of drug-likeness (QED) is 0.0235. The Kier molecular flexibility index (Phi) is 15.0. The SMILES string of the molecule is O=C(O)CC(=O)OCC1OC(Oc2cc(O)cc3[o+]c(-c4ccc(O)cc4)c(OC4OC(COC(=O)/C=C\c5ccc(O)cc5)C(O)C(O)C4O)cc23)C(O)C(O)C1OC(=O)CC(=O)O. The minimum Gasteiger partial charge on any atom is -0.508 e. The van der Waals surface area contributed by atoms with Gasteiger partial charge in [0.2, 0.25) is 18.3 Å². The fraction of sp³-hybridized carbons (Fsp3) is 0.333. The van der Waals surface area contributed by atoms with E-state index in [-0.39, 0.29) is 45.3 Å². The van der Waals surface area contributed by atoms with Gasteiger partial charge in [-0.3, -0.25) is 19.2 Å². The zero-order valence-corrected chi connectivity index (χ0v) is 33.4. The van der Waals surface area contributed by atoms with Gasteiger partial charge in [0, 0.05) is 18.2 Å². The second kappa shape index (κ2) is 20.6. The topological polar surface area (TPSA) is 364 Å². The number of ether oxygens (including phenoxy) is 7. The van der Waals surface area contributed by atoms with Gasteiger partial charge in [0.05, 0.1) is 11.6 Å². The van der Waals surface area contributed by atoms with E-state index < -0.39 is 123 Å². The largest absolute Gasteiger partial charge is 0.508 e. The molecule has 2 saturated heterocycles. The summed E-state index contributed by atoms with van der Waals surface area (Å²) in [5.74, 6) is -8.20. The average Bonchev–Trinajstić information content (AvgIpc) is 3.25. The summed E-state index contributed by atoms with van der Waals surface area (Å²) >= 11 is 0. The molecule has 2 aliphatic heterocycles. The van der Waals surface area contributed by atoms with Gasteiger partial charge in [-0.2, -0.15) is 0 Å². The normalized spacial score (nSPS) is 25.4. The fourth-order valence-corrected chi connectivity index (χ4v) is 6.48. The van der Waals surface area contributed by atoms with Gasteiger partial charge in [-0.15, -0.1) is 0 Å². The van der Waals surface area contributed by atoms with E-state index in [4.69, 9.17) is 47.8 Å². The smallest absolute Gasteiger partial charge is 0.402 e. The first kappa shape index (κ1) is 47.4. The van der Waals surface area contributed by atoms with Crippen molar-refractivity contribution in [3.8, 4) is 40.1 Å². The number of aliphatic hydroxyl groups excluding tert-OH is 5. The van der Waals surface area contributed by atoms with Crippen molar-refractivity contribution in [1.82, 2.24) is 0 Å². The molecule has 10 unspecified atom stereocenters. The third-order valence-corrected chi connectivity index (χ3v) is 9.69. The van der Waals surface area contributed by atoms with Crippen molar-refractivity contribution in [2.45, 2.75) is 74.3 Å². The molecule has 65 heavy (non-hydrogen) atoms. The van der Waals surface area contributed by atoms with E-state index in [2.05, 4.69) is 0 Å². The molecule has 2 fully saturated rings. The number of aromatic hydroxyl groups is 3. The van der Waals surface area contributed by atoms with Crippen LogP contribution >= 0.6 is 0 Å². The summed E-state index contributed by atoms with van der Waals surface area (Å²) in [5, 5.41) is 103. The highest BCUT2D eigenvalue weighted by molar-refractivity contribution is 5.91. The van der Waals surface area contributed by atoms with Gasteiger partial charge in [0.15, 0.2) is 6.10 Å². The van der Waals surface area contributed by atoms with Gasteiger partial charge in [-0.1, -0.05) is 12.1 Å². The zero-order chi connectivity index (χ0) is 47.1. The number of carboxylic acids is 2. The van der Waals surface area contributed by atoms with Crippen molar-refractivity contribution in [1.29, 1.82) is 0 Å². The maximum absolute atomic E-state index is 12.5. The Bertz CT molecular complexity index is 2400. The molecule has 4 aromatic rings. The highest BCUT2D eigenvalue weighted by Gasteiger charge is 2.50. The maximum atomic E-state index is 12.5. The molecule has 346 valence electrons. The average molecular weight is 914 g/mol. The van der Waals surface area contributed by atoms with Crippen LogP contribution in [0.3, 0.4) is 0 Å². The molecule has 1 aromatic heterocycles. The molecule has 0 amide bonds.